The summed E-state index contributed by atoms with van der Waals surface area (Å²) in [6.45, 7) is 6.05. The molecule has 0 aliphatic carbocycles. The number of ether oxygens (including phenoxy) is 1. The van der Waals surface area contributed by atoms with Crippen molar-refractivity contribution in [1.82, 2.24) is 5.32 Å². The Morgan fingerprint density at radius 1 is 1.33 bits per heavy atom. The van der Waals surface area contributed by atoms with Gasteiger partial charge in [-0.05, 0) is 31.9 Å². The molecule has 5 nitrogen and oxygen atoms in total. The van der Waals surface area contributed by atoms with E-state index in [1.807, 2.05) is 31.2 Å². The maximum absolute atomic E-state index is 12.0. The lowest BCUT2D eigenvalue weighted by Gasteiger charge is -2.12. The Balaban J connectivity index is 2.32. The summed E-state index contributed by atoms with van der Waals surface area (Å²) in [6.07, 6.45) is 3.01. The van der Waals surface area contributed by atoms with Crippen molar-refractivity contribution in [2.24, 2.45) is 5.92 Å². The van der Waals surface area contributed by atoms with Gasteiger partial charge in [-0.1, -0.05) is 25.5 Å². The van der Waals surface area contributed by atoms with Crippen molar-refractivity contribution < 1.29 is 9.53 Å². The van der Waals surface area contributed by atoms with Crippen LogP contribution in [-0.2, 0) is 4.74 Å². The van der Waals surface area contributed by atoms with Crippen molar-refractivity contribution in [2.45, 2.75) is 38.0 Å². The lowest BCUT2D eigenvalue weighted by atomic mass is 10.3. The monoisotopic (exact) mass is 349 g/mol. The van der Waals surface area contributed by atoms with Crippen LogP contribution < -0.4 is 10.6 Å². The van der Waals surface area contributed by atoms with Gasteiger partial charge < -0.3 is 15.4 Å². The maximum Gasteiger partial charge on any atom is 0.319 e. The summed E-state index contributed by atoms with van der Waals surface area (Å²) in [5.41, 5.74) is 0.768. The van der Waals surface area contributed by atoms with E-state index in [9.17, 15) is 4.79 Å². The largest absolute Gasteiger partial charge is 0.381 e. The first-order chi connectivity index (χ1) is 11.7. The molecule has 0 aliphatic heterocycles. The lowest BCUT2D eigenvalue weighted by molar-refractivity contribution is 0.129. The Morgan fingerprint density at radius 3 is 2.83 bits per heavy atom. The Bertz CT molecular complexity index is 531. The van der Waals surface area contributed by atoms with E-state index in [0.717, 1.165) is 36.5 Å². The Hall–Kier alpha value is -1.71. The average molecular weight is 350 g/mol. The summed E-state index contributed by atoms with van der Waals surface area (Å²) in [4.78, 5) is 12.9. The minimum Gasteiger partial charge on any atom is -0.381 e. The van der Waals surface area contributed by atoms with Crippen LogP contribution in [0.3, 0.4) is 0 Å². The Morgan fingerprint density at radius 2 is 2.08 bits per heavy atom. The smallest absolute Gasteiger partial charge is 0.319 e. The number of hydrogen-bond donors (Lipinski definition) is 2. The third-order valence-corrected chi connectivity index (χ3v) is 4.57. The van der Waals surface area contributed by atoms with E-state index in [2.05, 4.69) is 23.6 Å². The molecule has 0 fully saturated rings. The SMILES string of the molecule is CCCCOCCCNC(=O)Nc1ccccc1SCC(C)C#N. The lowest BCUT2D eigenvalue weighted by Crippen LogP contribution is -2.30. The number of nitriles is 1. The molecule has 2 amide bonds. The molecule has 0 saturated heterocycles. The van der Waals surface area contributed by atoms with Gasteiger partial charge in [-0.2, -0.15) is 5.26 Å². The number of carbonyl (C=O) groups excluding carboxylic acids is 1. The first-order valence-electron chi connectivity index (χ1n) is 8.41. The molecule has 24 heavy (non-hydrogen) atoms. The van der Waals surface area contributed by atoms with E-state index in [1.165, 1.54) is 0 Å². The fourth-order valence-corrected chi connectivity index (χ4v) is 2.79. The summed E-state index contributed by atoms with van der Waals surface area (Å²) in [5, 5.41) is 14.6. The number of thioether (sulfide) groups is 1. The van der Waals surface area contributed by atoms with Crippen LogP contribution in [0.15, 0.2) is 29.2 Å². The van der Waals surface area contributed by atoms with E-state index in [1.54, 1.807) is 11.8 Å². The number of para-hydroxylation sites is 1. The number of urea groups is 1. The van der Waals surface area contributed by atoms with Gasteiger partial charge in [0.2, 0.25) is 0 Å². The third kappa shape index (κ3) is 8.80. The van der Waals surface area contributed by atoms with Crippen molar-refractivity contribution in [3.05, 3.63) is 24.3 Å². The van der Waals surface area contributed by atoms with E-state index < -0.39 is 0 Å². The molecular weight excluding hydrogens is 322 g/mol. The zero-order valence-corrected chi connectivity index (χ0v) is 15.3. The molecule has 0 aliphatic rings. The van der Waals surface area contributed by atoms with Crippen LogP contribution >= 0.6 is 11.8 Å². The molecule has 0 spiro atoms. The molecule has 1 atom stereocenters. The molecular formula is C18H27N3O2S. The van der Waals surface area contributed by atoms with E-state index in [4.69, 9.17) is 10.00 Å². The van der Waals surface area contributed by atoms with E-state index in [-0.39, 0.29) is 11.9 Å². The highest BCUT2D eigenvalue weighted by Crippen LogP contribution is 2.28. The molecule has 0 saturated carbocycles. The zero-order chi connectivity index (χ0) is 17.6. The molecule has 0 radical (unpaired) electrons. The standard InChI is InChI=1S/C18H27N3O2S/c1-3-4-11-23-12-7-10-20-18(22)21-16-8-5-6-9-17(16)24-14-15(2)13-19/h5-6,8-9,15H,3-4,7,10-12,14H2,1-2H3,(H2,20,21,22). The molecule has 1 unspecified atom stereocenters. The van der Waals surface area contributed by atoms with Crippen molar-refractivity contribution in [3.63, 3.8) is 0 Å². The maximum atomic E-state index is 12.0. The summed E-state index contributed by atoms with van der Waals surface area (Å²) in [6, 6.07) is 9.63. The highest BCUT2D eigenvalue weighted by Gasteiger charge is 2.08. The third-order valence-electron chi connectivity index (χ3n) is 3.24. The van der Waals surface area contributed by atoms with Crippen LogP contribution in [-0.4, -0.2) is 31.5 Å². The number of rotatable bonds is 11. The second-order valence-electron chi connectivity index (χ2n) is 5.54. The molecule has 0 bridgehead atoms. The summed E-state index contributed by atoms with van der Waals surface area (Å²) in [5.74, 6) is 0.677. The number of benzene rings is 1. The molecule has 6 heteroatoms. The van der Waals surface area contributed by atoms with Crippen molar-refractivity contribution >= 4 is 23.5 Å². The number of amides is 2. The minimum absolute atomic E-state index is 0.0235. The normalized spacial score (nSPS) is 11.5. The molecule has 1 rings (SSSR count). The van der Waals surface area contributed by atoms with Gasteiger partial charge in [0.15, 0.2) is 0 Å². The number of unbranched alkanes of at least 4 members (excludes halogenated alkanes) is 1. The van der Waals surface area contributed by atoms with Crippen LogP contribution in [0.1, 0.15) is 33.1 Å². The highest BCUT2D eigenvalue weighted by molar-refractivity contribution is 7.99. The molecule has 0 aromatic heterocycles. The average Bonchev–Trinajstić information content (AvgIpc) is 2.60. The first kappa shape index (κ1) is 20.3. The molecule has 1 aromatic rings. The van der Waals surface area contributed by atoms with Gasteiger partial charge in [0.25, 0.3) is 0 Å². The van der Waals surface area contributed by atoms with Gasteiger partial charge in [-0.3, -0.25) is 0 Å². The molecule has 1 aromatic carbocycles. The summed E-state index contributed by atoms with van der Waals surface area (Å²) in [7, 11) is 0. The number of nitrogens with one attached hydrogen (secondary N) is 2. The molecule has 132 valence electrons. The first-order valence-corrected chi connectivity index (χ1v) is 9.40. The predicted molar refractivity (Wildman–Crippen MR) is 99.3 cm³/mol. The Kier molecular flexibility index (Phi) is 10.7. The van der Waals surface area contributed by atoms with Gasteiger partial charge in [-0.25, -0.2) is 4.79 Å². The summed E-state index contributed by atoms with van der Waals surface area (Å²) >= 11 is 1.58. The predicted octanol–water partition coefficient (Wildman–Crippen LogP) is 4.27. The highest BCUT2D eigenvalue weighted by atomic mass is 32.2. The van der Waals surface area contributed by atoms with Crippen LogP contribution in [0.5, 0.6) is 0 Å². The number of carbonyl (C=O) groups is 1. The van der Waals surface area contributed by atoms with Gasteiger partial charge in [0.05, 0.1) is 17.7 Å². The molecule has 0 heterocycles. The second-order valence-corrected chi connectivity index (χ2v) is 6.60. The second kappa shape index (κ2) is 12.7. The van der Waals surface area contributed by atoms with Crippen LogP contribution in [0.25, 0.3) is 0 Å². The minimum atomic E-state index is -0.218. The quantitative estimate of drug-likeness (QED) is 0.462. The summed E-state index contributed by atoms with van der Waals surface area (Å²) < 4.78 is 5.46. The van der Waals surface area contributed by atoms with Gasteiger partial charge in [0, 0.05) is 30.4 Å². The van der Waals surface area contributed by atoms with Gasteiger partial charge >= 0.3 is 6.03 Å². The number of anilines is 1. The van der Waals surface area contributed by atoms with Gasteiger partial charge in [-0.15, -0.1) is 11.8 Å². The number of hydrogen-bond acceptors (Lipinski definition) is 4. The van der Waals surface area contributed by atoms with E-state index >= 15 is 0 Å². The topological polar surface area (TPSA) is 74.2 Å². The number of nitrogens with zero attached hydrogens (tertiary/aromatic N) is 1. The van der Waals surface area contributed by atoms with Crippen LogP contribution in [0.2, 0.25) is 0 Å². The molecule has 2 N–H and O–H groups in total. The fraction of sp³-hybridized carbons (Fsp3) is 0.556. The van der Waals surface area contributed by atoms with Crippen molar-refractivity contribution in [3.8, 4) is 6.07 Å². The van der Waals surface area contributed by atoms with Crippen molar-refractivity contribution in [1.29, 1.82) is 5.26 Å². The van der Waals surface area contributed by atoms with Gasteiger partial charge in [0.1, 0.15) is 0 Å². The van der Waals surface area contributed by atoms with Crippen LogP contribution in [0.4, 0.5) is 10.5 Å². The fourth-order valence-electron chi connectivity index (χ4n) is 1.84. The van der Waals surface area contributed by atoms with E-state index in [0.29, 0.717) is 18.9 Å². The zero-order valence-electron chi connectivity index (χ0n) is 14.5. The van der Waals surface area contributed by atoms with Crippen LogP contribution in [0, 0.1) is 17.2 Å². The van der Waals surface area contributed by atoms with Crippen molar-refractivity contribution in [2.75, 3.05) is 30.8 Å². The Labute approximate surface area is 149 Å².